The van der Waals surface area contributed by atoms with Crippen LogP contribution < -0.4 is 4.57 Å². The largest absolute Gasteiger partial charge is 0.296 e. The van der Waals surface area contributed by atoms with Gasteiger partial charge in [-0.2, -0.15) is 4.57 Å². The van der Waals surface area contributed by atoms with Gasteiger partial charge in [0.2, 0.25) is 0 Å². The Hall–Kier alpha value is -2.94. The lowest BCUT2D eigenvalue weighted by Crippen LogP contribution is -2.30. The van der Waals surface area contributed by atoms with Crippen molar-refractivity contribution in [3.63, 3.8) is 0 Å². The van der Waals surface area contributed by atoms with E-state index in [1.54, 1.807) is 0 Å². The molecule has 30 heavy (non-hydrogen) atoms. The molecule has 4 rings (SSSR count). The fourth-order valence-electron chi connectivity index (χ4n) is 4.54. The molecule has 0 N–H and O–H groups in total. The van der Waals surface area contributed by atoms with Gasteiger partial charge in [0.15, 0.2) is 11.0 Å². The van der Waals surface area contributed by atoms with Crippen molar-refractivity contribution in [3.8, 4) is 17.1 Å². The van der Waals surface area contributed by atoms with Crippen LogP contribution in [0.2, 0.25) is 0 Å². The summed E-state index contributed by atoms with van der Waals surface area (Å²) in [7, 11) is 2.17. The van der Waals surface area contributed by atoms with Gasteiger partial charge in [0.05, 0.1) is 12.6 Å². The molecule has 0 spiro atoms. The first kappa shape index (κ1) is 20.3. The monoisotopic (exact) mass is 398 g/mol. The molecule has 3 nitrogen and oxygen atoms in total. The molecule has 2 aromatic carbocycles. The molecule has 2 aromatic heterocycles. The number of hydrogen-bond acceptors (Lipinski definition) is 1. The van der Waals surface area contributed by atoms with Gasteiger partial charge >= 0.3 is 0 Å². The molecule has 0 aliphatic heterocycles. The maximum absolute atomic E-state index is 4.65. The van der Waals surface area contributed by atoms with Crippen LogP contribution in [0.1, 0.15) is 61.9 Å². The quantitative estimate of drug-likeness (QED) is 0.366. The summed E-state index contributed by atoms with van der Waals surface area (Å²) in [6.45, 7) is 13.4. The normalized spacial score (nSPS) is 11.8. The number of aryl methyl sites for hydroxylation is 3. The first-order valence-corrected chi connectivity index (χ1v) is 10.9. The zero-order chi connectivity index (χ0) is 21.6. The minimum atomic E-state index is 0.426. The Balaban J connectivity index is 2.21. The Kier molecular flexibility index (Phi) is 5.23. The zero-order valence-electron chi connectivity index (χ0n) is 19.2. The third kappa shape index (κ3) is 3.23. The van der Waals surface area contributed by atoms with Crippen LogP contribution in [0.25, 0.3) is 28.1 Å². The molecule has 0 saturated heterocycles. The predicted molar refractivity (Wildman–Crippen MR) is 125 cm³/mol. The van der Waals surface area contributed by atoms with Gasteiger partial charge in [0.1, 0.15) is 5.69 Å². The van der Waals surface area contributed by atoms with Gasteiger partial charge in [-0.1, -0.05) is 58.0 Å². The van der Waals surface area contributed by atoms with E-state index >= 15 is 0 Å². The zero-order valence-corrected chi connectivity index (χ0v) is 19.2. The van der Waals surface area contributed by atoms with Crippen molar-refractivity contribution in [1.29, 1.82) is 0 Å². The highest BCUT2D eigenvalue weighted by Crippen LogP contribution is 2.36. The average Bonchev–Trinajstić information content (AvgIpc) is 3.00. The minimum absolute atomic E-state index is 0.426. The maximum atomic E-state index is 4.65. The lowest BCUT2D eigenvalue weighted by atomic mass is 9.92. The fourth-order valence-corrected chi connectivity index (χ4v) is 4.54. The van der Waals surface area contributed by atoms with Gasteiger partial charge in [-0.05, 0) is 49.4 Å². The number of aromatic nitrogens is 3. The van der Waals surface area contributed by atoms with E-state index in [-0.39, 0.29) is 0 Å². The Morgan fingerprint density at radius 3 is 2.10 bits per heavy atom. The van der Waals surface area contributed by atoms with Crippen molar-refractivity contribution in [2.45, 2.75) is 53.4 Å². The minimum Gasteiger partial charge on any atom is -0.261 e. The van der Waals surface area contributed by atoms with Crippen LogP contribution in [0.3, 0.4) is 0 Å². The van der Waals surface area contributed by atoms with Crippen LogP contribution in [0.15, 0.2) is 54.7 Å². The summed E-state index contributed by atoms with van der Waals surface area (Å²) in [5.41, 5.74) is 9.98. The third-order valence-electron chi connectivity index (χ3n) is 6.07. The molecule has 154 valence electrons. The maximum Gasteiger partial charge on any atom is 0.296 e. The third-order valence-corrected chi connectivity index (χ3v) is 6.07. The summed E-state index contributed by atoms with van der Waals surface area (Å²) >= 11 is 0. The molecular formula is C27H32N3+. The summed E-state index contributed by atoms with van der Waals surface area (Å²) in [5.74, 6) is 2.03. The van der Waals surface area contributed by atoms with E-state index in [9.17, 15) is 0 Å². The molecule has 0 unspecified atom stereocenters. The number of fused-ring (bicyclic) bond motifs is 1. The van der Waals surface area contributed by atoms with Crippen molar-refractivity contribution in [1.82, 2.24) is 9.55 Å². The Labute approximate surface area is 180 Å². The number of para-hydroxylation sites is 3. The number of benzene rings is 2. The van der Waals surface area contributed by atoms with Crippen molar-refractivity contribution in [2.24, 2.45) is 7.05 Å². The second-order valence-corrected chi connectivity index (χ2v) is 8.94. The van der Waals surface area contributed by atoms with E-state index in [1.165, 1.54) is 44.8 Å². The highest BCUT2D eigenvalue weighted by atomic mass is 15.2. The van der Waals surface area contributed by atoms with Gasteiger partial charge in [0, 0.05) is 23.0 Å². The summed E-state index contributed by atoms with van der Waals surface area (Å²) in [5, 5.41) is 0. The van der Waals surface area contributed by atoms with Crippen LogP contribution in [-0.4, -0.2) is 9.55 Å². The topological polar surface area (TPSA) is 21.7 Å². The van der Waals surface area contributed by atoms with Crippen LogP contribution in [0.5, 0.6) is 0 Å². The lowest BCUT2D eigenvalue weighted by molar-refractivity contribution is -0.633. The highest BCUT2D eigenvalue weighted by Gasteiger charge is 2.31. The molecular weight excluding hydrogens is 366 g/mol. The molecule has 0 radical (unpaired) electrons. The molecule has 0 atom stereocenters. The Morgan fingerprint density at radius 2 is 1.50 bits per heavy atom. The molecule has 4 aromatic rings. The molecule has 3 heteroatoms. The van der Waals surface area contributed by atoms with E-state index in [0.717, 1.165) is 5.69 Å². The fraction of sp³-hybridized carbons (Fsp3) is 0.333. The summed E-state index contributed by atoms with van der Waals surface area (Å²) in [6.07, 6.45) is 2.03. The van der Waals surface area contributed by atoms with Crippen LogP contribution in [-0.2, 0) is 7.05 Å². The van der Waals surface area contributed by atoms with Gasteiger partial charge in [-0.15, -0.1) is 0 Å². The van der Waals surface area contributed by atoms with E-state index in [2.05, 4.69) is 111 Å². The second-order valence-electron chi connectivity index (χ2n) is 8.94. The first-order chi connectivity index (χ1) is 14.3. The second kappa shape index (κ2) is 7.71. The molecule has 0 aliphatic rings. The molecule has 0 saturated carbocycles. The Morgan fingerprint density at radius 1 is 0.867 bits per heavy atom. The van der Waals surface area contributed by atoms with Crippen molar-refractivity contribution >= 4 is 11.0 Å². The van der Waals surface area contributed by atoms with Crippen molar-refractivity contribution in [2.75, 3.05) is 0 Å². The molecule has 0 aliphatic carbocycles. The number of nitrogens with zero attached hydrogens (tertiary/aromatic N) is 3. The number of imidazole rings is 1. The van der Waals surface area contributed by atoms with Crippen LogP contribution in [0, 0.1) is 13.8 Å². The van der Waals surface area contributed by atoms with Crippen LogP contribution >= 0.6 is 0 Å². The number of hydrogen-bond donors (Lipinski definition) is 0. The summed E-state index contributed by atoms with van der Waals surface area (Å²) in [6, 6.07) is 17.6. The van der Waals surface area contributed by atoms with Gasteiger partial charge < -0.3 is 0 Å². The molecule has 0 fully saturated rings. The molecule has 0 amide bonds. The standard InChI is InChI=1S/C27H32N3/c1-17(2)21-11-10-12-22(18(3)4)26(21)30-25-14-9-8-13-24(25)29(7)27(30)23-16-28-20(6)15-19(23)5/h8-18H,1-7H3/q+1. The van der Waals surface area contributed by atoms with Gasteiger partial charge in [-0.3, -0.25) is 4.98 Å². The highest BCUT2D eigenvalue weighted by molar-refractivity contribution is 5.80. The smallest absolute Gasteiger partial charge is 0.261 e. The Bertz CT molecular complexity index is 1200. The van der Waals surface area contributed by atoms with E-state index < -0.39 is 0 Å². The van der Waals surface area contributed by atoms with Crippen molar-refractivity contribution < 1.29 is 4.57 Å². The first-order valence-electron chi connectivity index (χ1n) is 10.9. The number of pyridine rings is 1. The van der Waals surface area contributed by atoms with E-state index in [0.29, 0.717) is 11.8 Å². The molecule has 2 heterocycles. The van der Waals surface area contributed by atoms with E-state index in [1.807, 2.05) is 6.20 Å². The average molecular weight is 399 g/mol. The van der Waals surface area contributed by atoms with Gasteiger partial charge in [0.25, 0.3) is 5.82 Å². The lowest BCUT2D eigenvalue weighted by Gasteiger charge is -2.18. The van der Waals surface area contributed by atoms with Crippen LogP contribution in [0.4, 0.5) is 0 Å². The van der Waals surface area contributed by atoms with Gasteiger partial charge in [-0.25, -0.2) is 4.57 Å². The van der Waals surface area contributed by atoms with Crippen molar-refractivity contribution in [3.05, 3.63) is 77.1 Å². The summed E-state index contributed by atoms with van der Waals surface area (Å²) in [4.78, 5) is 4.65. The SMILES string of the molecule is Cc1cc(C)c(-c2n(-c3c(C(C)C)cccc3C(C)C)c3ccccc3[n+]2C)cn1. The predicted octanol–water partition coefficient (Wildman–Crippen LogP) is 6.38. The molecule has 0 bridgehead atoms. The number of rotatable bonds is 4. The van der Waals surface area contributed by atoms with E-state index in [4.69, 9.17) is 0 Å². The summed E-state index contributed by atoms with van der Waals surface area (Å²) < 4.78 is 4.79.